The molecule has 7 heteroatoms. The van der Waals surface area contributed by atoms with E-state index in [4.69, 9.17) is 10.2 Å². The van der Waals surface area contributed by atoms with Crippen LogP contribution in [0.15, 0.2) is 40.3 Å². The molecule has 0 aliphatic carbocycles. The lowest BCUT2D eigenvalue weighted by molar-refractivity contribution is -0.119. The average Bonchev–Trinajstić information content (AvgIpc) is 3.03. The molecule has 0 aliphatic rings. The van der Waals surface area contributed by atoms with Crippen molar-refractivity contribution in [3.63, 3.8) is 0 Å². The highest BCUT2D eigenvalue weighted by Crippen LogP contribution is 2.18. The molecule has 6 nitrogen and oxygen atoms in total. The Morgan fingerprint density at radius 2 is 2.15 bits per heavy atom. The Morgan fingerprint density at radius 3 is 2.85 bits per heavy atom. The van der Waals surface area contributed by atoms with E-state index < -0.39 is 0 Å². The third kappa shape index (κ3) is 7.08. The Bertz CT molecular complexity index is 724. The number of aromatic nitrogens is 1. The molecule has 0 radical (unpaired) electrons. The minimum atomic E-state index is -0.199. The number of unbranched alkanes of at least 4 members (excludes halogenated alkanes) is 1. The number of nitrogens with one attached hydrogen (secondary N) is 2. The number of allylic oxidation sites excluding steroid dienone is 1. The summed E-state index contributed by atoms with van der Waals surface area (Å²) >= 11 is 3.52. The smallest absolute Gasteiger partial charge is 0.296 e. The van der Waals surface area contributed by atoms with Gasteiger partial charge in [0, 0.05) is 23.7 Å². The molecular formula is C20H29BrN4O2. The summed E-state index contributed by atoms with van der Waals surface area (Å²) in [6, 6.07) is 7.97. The molecule has 2 aromatic rings. The Kier molecular flexibility index (Phi) is 8.97. The van der Waals surface area contributed by atoms with Crippen LogP contribution in [0, 0.1) is 0 Å². The largest absolute Gasteiger partial charge is 0.424 e. The SMILES string of the molecule is C/C=C(\C(C)Br)C(N)CC(=O)CCCCNCNc1nc2ccccc2o1. The lowest BCUT2D eigenvalue weighted by atomic mass is 9.98. The minimum absolute atomic E-state index is 0.197. The van der Waals surface area contributed by atoms with E-state index in [1.807, 2.05) is 44.2 Å². The number of halogens is 1. The third-order valence-electron chi connectivity index (χ3n) is 4.39. The maximum atomic E-state index is 12.1. The topological polar surface area (TPSA) is 93.2 Å². The standard InChI is InChI=1S/C20H29BrN4O2/c1-3-16(14(2)21)17(22)12-15(26)8-6-7-11-23-13-24-20-25-18-9-4-5-10-19(18)27-20/h3-5,9-10,14,17,23H,6-8,11-13,22H2,1-2H3,(H,24,25)/b16-3+. The number of nitrogens with zero attached hydrogens (tertiary/aromatic N) is 1. The fourth-order valence-corrected chi connectivity index (χ4v) is 3.55. The van der Waals surface area contributed by atoms with Crippen LogP contribution < -0.4 is 16.4 Å². The number of ketones is 1. The fraction of sp³-hybridized carbons (Fsp3) is 0.500. The Morgan fingerprint density at radius 1 is 1.37 bits per heavy atom. The van der Waals surface area contributed by atoms with Crippen molar-refractivity contribution in [1.29, 1.82) is 0 Å². The van der Waals surface area contributed by atoms with Crippen LogP contribution in [0.4, 0.5) is 6.01 Å². The first-order valence-electron chi connectivity index (χ1n) is 9.39. The summed E-state index contributed by atoms with van der Waals surface area (Å²) in [5, 5.41) is 6.38. The number of carbonyl (C=O) groups is 1. The van der Waals surface area contributed by atoms with Gasteiger partial charge in [-0.15, -0.1) is 0 Å². The van der Waals surface area contributed by atoms with E-state index in [0.29, 0.717) is 25.5 Å². The highest BCUT2D eigenvalue weighted by molar-refractivity contribution is 9.09. The Balaban J connectivity index is 1.56. The molecule has 0 spiro atoms. The molecule has 4 N–H and O–H groups in total. The van der Waals surface area contributed by atoms with E-state index in [-0.39, 0.29) is 16.7 Å². The lowest BCUT2D eigenvalue weighted by Gasteiger charge is -2.17. The molecular weight excluding hydrogens is 408 g/mol. The van der Waals surface area contributed by atoms with Crippen molar-refractivity contribution in [2.75, 3.05) is 18.5 Å². The maximum absolute atomic E-state index is 12.1. The second-order valence-electron chi connectivity index (χ2n) is 6.55. The van der Waals surface area contributed by atoms with E-state index in [2.05, 4.69) is 31.5 Å². The lowest BCUT2D eigenvalue weighted by Crippen LogP contribution is -2.29. The van der Waals surface area contributed by atoms with Crippen LogP contribution >= 0.6 is 15.9 Å². The quantitative estimate of drug-likeness (QED) is 0.201. The molecule has 2 rings (SSSR count). The normalized spacial score (nSPS) is 14.3. The van der Waals surface area contributed by atoms with E-state index in [9.17, 15) is 4.79 Å². The molecule has 0 saturated heterocycles. The number of carbonyl (C=O) groups excluding carboxylic acids is 1. The average molecular weight is 437 g/mol. The van der Waals surface area contributed by atoms with Crippen LogP contribution in [0.5, 0.6) is 0 Å². The summed E-state index contributed by atoms with van der Waals surface area (Å²) < 4.78 is 5.58. The van der Waals surface area contributed by atoms with Gasteiger partial charge in [-0.1, -0.05) is 34.1 Å². The third-order valence-corrected chi connectivity index (χ3v) is 4.91. The minimum Gasteiger partial charge on any atom is -0.424 e. The van der Waals surface area contributed by atoms with Crippen molar-refractivity contribution < 1.29 is 9.21 Å². The van der Waals surface area contributed by atoms with Crippen LogP contribution in [0.3, 0.4) is 0 Å². The van der Waals surface area contributed by atoms with Crippen LogP contribution in [-0.4, -0.2) is 34.8 Å². The molecule has 0 fully saturated rings. The number of rotatable bonds is 12. The highest BCUT2D eigenvalue weighted by Gasteiger charge is 2.16. The molecule has 2 unspecified atom stereocenters. The first-order chi connectivity index (χ1) is 13.0. The van der Waals surface area contributed by atoms with Gasteiger partial charge >= 0.3 is 0 Å². The van der Waals surface area contributed by atoms with E-state index >= 15 is 0 Å². The number of oxazole rings is 1. The monoisotopic (exact) mass is 436 g/mol. The van der Waals surface area contributed by atoms with Gasteiger partial charge in [0.2, 0.25) is 0 Å². The van der Waals surface area contributed by atoms with Crippen molar-refractivity contribution in [2.24, 2.45) is 5.73 Å². The summed E-state index contributed by atoms with van der Waals surface area (Å²) in [5.74, 6) is 0.222. The fourth-order valence-electron chi connectivity index (χ4n) is 2.95. The molecule has 148 valence electrons. The van der Waals surface area contributed by atoms with E-state index in [0.717, 1.165) is 36.1 Å². The number of fused-ring (bicyclic) bond motifs is 1. The zero-order valence-electron chi connectivity index (χ0n) is 16.0. The van der Waals surface area contributed by atoms with Gasteiger partial charge in [-0.25, -0.2) is 0 Å². The van der Waals surface area contributed by atoms with Gasteiger partial charge in [0.05, 0.1) is 6.67 Å². The number of Topliss-reactive ketones (excluding diaryl/α,β-unsaturated/α-hetero) is 1. The summed E-state index contributed by atoms with van der Waals surface area (Å²) in [6.45, 7) is 5.38. The molecule has 0 saturated carbocycles. The molecule has 0 bridgehead atoms. The predicted molar refractivity (Wildman–Crippen MR) is 114 cm³/mol. The molecule has 1 aromatic heterocycles. The molecule has 0 aliphatic heterocycles. The number of benzene rings is 1. The Labute approximate surface area is 169 Å². The predicted octanol–water partition coefficient (Wildman–Crippen LogP) is 3.97. The molecule has 2 atom stereocenters. The second kappa shape index (κ2) is 11.2. The van der Waals surface area contributed by atoms with Gasteiger partial charge in [0.1, 0.15) is 11.3 Å². The van der Waals surface area contributed by atoms with E-state index in [1.165, 1.54) is 0 Å². The summed E-state index contributed by atoms with van der Waals surface area (Å²) in [4.78, 5) is 16.6. The number of hydrogen-bond donors (Lipinski definition) is 3. The van der Waals surface area contributed by atoms with Crippen LogP contribution in [0.2, 0.25) is 0 Å². The molecule has 1 heterocycles. The first kappa shape index (κ1) is 21.6. The number of hydrogen-bond acceptors (Lipinski definition) is 6. The van der Waals surface area contributed by atoms with Crippen LogP contribution in [0.1, 0.15) is 39.5 Å². The Hall–Kier alpha value is -1.70. The van der Waals surface area contributed by atoms with Gasteiger partial charge in [-0.2, -0.15) is 4.98 Å². The highest BCUT2D eigenvalue weighted by atomic mass is 79.9. The molecule has 0 amide bonds. The molecule has 27 heavy (non-hydrogen) atoms. The first-order valence-corrected chi connectivity index (χ1v) is 10.3. The van der Waals surface area contributed by atoms with Crippen molar-refractivity contribution >= 4 is 38.8 Å². The van der Waals surface area contributed by atoms with Crippen LogP contribution in [-0.2, 0) is 4.79 Å². The van der Waals surface area contributed by atoms with E-state index in [1.54, 1.807) is 0 Å². The number of alkyl halides is 1. The zero-order chi connectivity index (χ0) is 19.6. The van der Waals surface area contributed by atoms with Gasteiger partial charge in [-0.3, -0.25) is 10.1 Å². The van der Waals surface area contributed by atoms with Gasteiger partial charge in [0.25, 0.3) is 6.01 Å². The maximum Gasteiger partial charge on any atom is 0.296 e. The van der Waals surface area contributed by atoms with Gasteiger partial charge in [-0.05, 0) is 50.9 Å². The number of anilines is 1. The van der Waals surface area contributed by atoms with Crippen molar-refractivity contribution in [3.05, 3.63) is 35.9 Å². The van der Waals surface area contributed by atoms with Crippen LogP contribution in [0.25, 0.3) is 11.1 Å². The van der Waals surface area contributed by atoms with Crippen molar-refractivity contribution in [2.45, 2.75) is 50.4 Å². The summed E-state index contributed by atoms with van der Waals surface area (Å²) in [6.07, 6.45) is 4.76. The van der Waals surface area contributed by atoms with Gasteiger partial charge in [0.15, 0.2) is 5.58 Å². The van der Waals surface area contributed by atoms with Crippen molar-refractivity contribution in [3.8, 4) is 0 Å². The molecule has 1 aromatic carbocycles. The number of para-hydroxylation sites is 2. The summed E-state index contributed by atoms with van der Waals surface area (Å²) in [5.41, 5.74) is 8.82. The van der Waals surface area contributed by atoms with Gasteiger partial charge < -0.3 is 15.5 Å². The van der Waals surface area contributed by atoms with Crippen molar-refractivity contribution in [1.82, 2.24) is 10.3 Å². The summed E-state index contributed by atoms with van der Waals surface area (Å²) in [7, 11) is 0. The zero-order valence-corrected chi connectivity index (χ0v) is 17.6. The number of nitrogens with two attached hydrogens (primary N) is 1. The second-order valence-corrected chi connectivity index (χ2v) is 7.92.